The van der Waals surface area contributed by atoms with Crippen LogP contribution in [0.25, 0.3) is 0 Å². The van der Waals surface area contributed by atoms with Gasteiger partial charge in [-0.3, -0.25) is 9.71 Å². The Morgan fingerprint density at radius 1 is 1.10 bits per heavy atom. The average molecular weight is 305 g/mol. The number of hydrogen-bond donors (Lipinski definition) is 2. The number of rotatable bonds is 7. The zero-order chi connectivity index (χ0) is 15.1. The van der Waals surface area contributed by atoms with Crippen LogP contribution in [0.3, 0.4) is 0 Å². The molecule has 1 aromatic heterocycles. The molecule has 1 heterocycles. The molecule has 112 valence electrons. The molecule has 0 amide bonds. The van der Waals surface area contributed by atoms with Gasteiger partial charge in [-0.1, -0.05) is 25.1 Å². The molecule has 0 bridgehead atoms. The van der Waals surface area contributed by atoms with Crippen LogP contribution in [0.4, 0.5) is 5.69 Å². The molecule has 2 N–H and O–H groups in total. The van der Waals surface area contributed by atoms with Gasteiger partial charge in [0.05, 0.1) is 10.6 Å². The predicted octanol–water partition coefficient (Wildman–Crippen LogP) is 2.38. The zero-order valence-electron chi connectivity index (χ0n) is 11.9. The molecule has 0 fully saturated rings. The summed E-state index contributed by atoms with van der Waals surface area (Å²) < 4.78 is 27.6. The highest BCUT2D eigenvalue weighted by Crippen LogP contribution is 2.19. The summed E-state index contributed by atoms with van der Waals surface area (Å²) in [4.78, 5) is 4.17. The van der Waals surface area contributed by atoms with Gasteiger partial charge in [0, 0.05) is 18.9 Å². The maximum Gasteiger partial charge on any atom is 0.262 e. The Morgan fingerprint density at radius 3 is 2.52 bits per heavy atom. The summed E-state index contributed by atoms with van der Waals surface area (Å²) in [6, 6.07) is 10.3. The first-order chi connectivity index (χ1) is 10.1. The normalized spacial score (nSPS) is 11.3. The van der Waals surface area contributed by atoms with Gasteiger partial charge in [-0.05, 0) is 36.7 Å². The highest BCUT2D eigenvalue weighted by molar-refractivity contribution is 7.92. The maximum atomic E-state index is 12.5. The van der Waals surface area contributed by atoms with Gasteiger partial charge in [-0.15, -0.1) is 0 Å². The predicted molar refractivity (Wildman–Crippen MR) is 83.5 cm³/mol. The highest BCUT2D eigenvalue weighted by Gasteiger charge is 2.17. The van der Waals surface area contributed by atoms with E-state index in [0.717, 1.165) is 18.5 Å². The van der Waals surface area contributed by atoms with E-state index in [-0.39, 0.29) is 0 Å². The molecule has 6 heteroatoms. The molecule has 5 nitrogen and oxygen atoms in total. The van der Waals surface area contributed by atoms with Crippen molar-refractivity contribution in [1.82, 2.24) is 10.3 Å². The van der Waals surface area contributed by atoms with Crippen molar-refractivity contribution in [3.8, 4) is 0 Å². The van der Waals surface area contributed by atoms with Crippen molar-refractivity contribution in [1.29, 1.82) is 0 Å². The summed E-state index contributed by atoms with van der Waals surface area (Å²) in [7, 11) is -3.60. The van der Waals surface area contributed by atoms with Crippen LogP contribution < -0.4 is 10.0 Å². The van der Waals surface area contributed by atoms with Gasteiger partial charge in [-0.2, -0.15) is 0 Å². The maximum absolute atomic E-state index is 12.5. The first-order valence-corrected chi connectivity index (χ1v) is 8.33. The highest BCUT2D eigenvalue weighted by atomic mass is 32.2. The number of benzene rings is 1. The minimum atomic E-state index is -3.60. The topological polar surface area (TPSA) is 71.1 Å². The van der Waals surface area contributed by atoms with Crippen LogP contribution in [0.5, 0.6) is 0 Å². The smallest absolute Gasteiger partial charge is 0.262 e. The largest absolute Gasteiger partial charge is 0.313 e. The zero-order valence-corrected chi connectivity index (χ0v) is 12.7. The fourth-order valence-corrected chi connectivity index (χ4v) is 3.24. The Balaban J connectivity index is 2.23. The van der Waals surface area contributed by atoms with Crippen molar-refractivity contribution in [3.05, 3.63) is 54.4 Å². The summed E-state index contributed by atoms with van der Waals surface area (Å²) in [5, 5.41) is 3.23. The van der Waals surface area contributed by atoms with Crippen molar-refractivity contribution in [3.63, 3.8) is 0 Å². The molecule has 0 saturated heterocycles. The fraction of sp³-hybridized carbons (Fsp3) is 0.267. The molecular weight excluding hydrogens is 286 g/mol. The van der Waals surface area contributed by atoms with E-state index in [2.05, 4.69) is 21.9 Å². The lowest BCUT2D eigenvalue weighted by Gasteiger charge is -2.12. The van der Waals surface area contributed by atoms with Crippen LogP contribution in [-0.4, -0.2) is 19.9 Å². The Hall–Kier alpha value is -1.92. The summed E-state index contributed by atoms with van der Waals surface area (Å²) in [5.41, 5.74) is 1.26. The second-order valence-electron chi connectivity index (χ2n) is 4.63. The van der Waals surface area contributed by atoms with E-state index in [1.165, 1.54) is 0 Å². The lowest BCUT2D eigenvalue weighted by Crippen LogP contribution is -2.19. The number of aromatic nitrogens is 1. The van der Waals surface area contributed by atoms with Gasteiger partial charge in [-0.25, -0.2) is 8.42 Å². The molecule has 0 aliphatic rings. The Morgan fingerprint density at radius 2 is 1.81 bits per heavy atom. The SMILES string of the molecule is CCCNCc1ccccc1S(=O)(=O)Nc1ccncc1. The van der Waals surface area contributed by atoms with Crippen LogP contribution in [-0.2, 0) is 16.6 Å². The van der Waals surface area contributed by atoms with E-state index in [1.54, 1.807) is 36.7 Å². The van der Waals surface area contributed by atoms with Crippen LogP contribution in [0.2, 0.25) is 0 Å². The molecule has 0 radical (unpaired) electrons. The van der Waals surface area contributed by atoms with Gasteiger partial charge in [0.2, 0.25) is 0 Å². The fourth-order valence-electron chi connectivity index (χ4n) is 1.94. The van der Waals surface area contributed by atoms with Crippen LogP contribution in [0, 0.1) is 0 Å². The standard InChI is InChI=1S/C15H19N3O2S/c1-2-9-17-12-13-5-3-4-6-15(13)21(19,20)18-14-7-10-16-11-8-14/h3-8,10-11,17H,2,9,12H2,1H3,(H,16,18). The molecule has 2 aromatic rings. The van der Waals surface area contributed by atoms with Crippen molar-refractivity contribution in [2.75, 3.05) is 11.3 Å². The molecule has 0 aliphatic carbocycles. The Bertz CT molecular complexity index is 672. The molecule has 0 atom stereocenters. The third kappa shape index (κ3) is 4.27. The van der Waals surface area contributed by atoms with Crippen LogP contribution in [0.15, 0.2) is 53.7 Å². The lowest BCUT2D eigenvalue weighted by atomic mass is 10.2. The number of pyridine rings is 1. The second-order valence-corrected chi connectivity index (χ2v) is 6.28. The monoisotopic (exact) mass is 305 g/mol. The summed E-state index contributed by atoms with van der Waals surface area (Å²) in [5.74, 6) is 0. The quantitative estimate of drug-likeness (QED) is 0.771. The van der Waals surface area contributed by atoms with Crippen LogP contribution in [0.1, 0.15) is 18.9 Å². The van der Waals surface area contributed by atoms with E-state index in [1.807, 2.05) is 12.1 Å². The second kappa shape index (κ2) is 7.19. The molecule has 21 heavy (non-hydrogen) atoms. The molecular formula is C15H19N3O2S. The van der Waals surface area contributed by atoms with Crippen molar-refractivity contribution >= 4 is 15.7 Å². The molecule has 1 aromatic carbocycles. The van der Waals surface area contributed by atoms with Crippen LogP contribution >= 0.6 is 0 Å². The third-order valence-corrected chi connectivity index (χ3v) is 4.42. The van der Waals surface area contributed by atoms with E-state index in [0.29, 0.717) is 17.1 Å². The van der Waals surface area contributed by atoms with Crippen molar-refractivity contribution in [2.24, 2.45) is 0 Å². The van der Waals surface area contributed by atoms with Crippen molar-refractivity contribution in [2.45, 2.75) is 24.8 Å². The lowest BCUT2D eigenvalue weighted by molar-refractivity contribution is 0.597. The molecule has 0 spiro atoms. The molecule has 0 aliphatic heterocycles. The minimum Gasteiger partial charge on any atom is -0.313 e. The van der Waals surface area contributed by atoms with E-state index in [9.17, 15) is 8.42 Å². The number of hydrogen-bond acceptors (Lipinski definition) is 4. The third-order valence-electron chi connectivity index (χ3n) is 2.94. The van der Waals surface area contributed by atoms with Gasteiger partial charge >= 0.3 is 0 Å². The van der Waals surface area contributed by atoms with Gasteiger partial charge in [0.25, 0.3) is 10.0 Å². The number of sulfonamides is 1. The van der Waals surface area contributed by atoms with Gasteiger partial charge in [0.1, 0.15) is 0 Å². The number of nitrogens with one attached hydrogen (secondary N) is 2. The van der Waals surface area contributed by atoms with E-state index in [4.69, 9.17) is 0 Å². The first kappa shape index (κ1) is 15.5. The summed E-state index contributed by atoms with van der Waals surface area (Å²) >= 11 is 0. The van der Waals surface area contributed by atoms with E-state index >= 15 is 0 Å². The molecule has 2 rings (SSSR count). The summed E-state index contributed by atoms with van der Waals surface area (Å²) in [6.45, 7) is 3.45. The molecule has 0 unspecified atom stereocenters. The molecule has 0 saturated carbocycles. The average Bonchev–Trinajstić information content (AvgIpc) is 2.48. The first-order valence-electron chi connectivity index (χ1n) is 6.85. The van der Waals surface area contributed by atoms with Crippen molar-refractivity contribution < 1.29 is 8.42 Å². The van der Waals surface area contributed by atoms with Gasteiger partial charge in [0.15, 0.2) is 0 Å². The Labute approximate surface area is 125 Å². The minimum absolute atomic E-state index is 0.297. The van der Waals surface area contributed by atoms with E-state index < -0.39 is 10.0 Å². The van der Waals surface area contributed by atoms with Gasteiger partial charge < -0.3 is 5.32 Å². The number of anilines is 1. The number of nitrogens with zero attached hydrogens (tertiary/aromatic N) is 1. The summed E-state index contributed by atoms with van der Waals surface area (Å²) in [6.07, 6.45) is 4.10. The Kier molecular flexibility index (Phi) is 5.30.